The van der Waals surface area contributed by atoms with E-state index in [4.69, 9.17) is 11.6 Å². The number of pyridine rings is 1. The first-order valence-corrected chi connectivity index (χ1v) is 4.72. The Kier molecular flexibility index (Phi) is 4.14. The van der Waals surface area contributed by atoms with Crippen molar-refractivity contribution in [2.75, 3.05) is 7.11 Å². The quantitative estimate of drug-likeness (QED) is 0.481. The van der Waals surface area contributed by atoms with E-state index in [0.717, 1.165) is 7.11 Å². The minimum Gasteiger partial charge on any atom is -0.486 e. The van der Waals surface area contributed by atoms with Crippen LogP contribution >= 0.6 is 11.6 Å². The van der Waals surface area contributed by atoms with Gasteiger partial charge in [-0.25, -0.2) is 0 Å². The zero-order valence-electron chi connectivity index (χ0n) is 9.02. The minimum absolute atomic E-state index is 0.497. The van der Waals surface area contributed by atoms with Gasteiger partial charge in [0.05, 0.1) is 7.11 Å². The van der Waals surface area contributed by atoms with Gasteiger partial charge in [0.15, 0.2) is 11.9 Å². The third-order valence-corrected chi connectivity index (χ3v) is 1.98. The molecule has 1 heterocycles. The first kappa shape index (κ1) is 15.0. The Morgan fingerprint density at radius 1 is 1.47 bits per heavy atom. The van der Waals surface area contributed by atoms with Gasteiger partial charge in [-0.05, 0) is 21.5 Å². The molecule has 1 aromatic rings. The van der Waals surface area contributed by atoms with Gasteiger partial charge in [-0.1, -0.05) is 0 Å². The molecule has 0 aliphatic rings. The fourth-order valence-corrected chi connectivity index (χ4v) is 1.27. The molecule has 0 fully saturated rings. The van der Waals surface area contributed by atoms with E-state index in [-0.39, 0.29) is 0 Å². The average molecular weight is 301 g/mol. The molecule has 19 heavy (non-hydrogen) atoms. The van der Waals surface area contributed by atoms with Crippen LogP contribution in [0.1, 0.15) is 10.4 Å². The maximum Gasteiger partial charge on any atom is 0.573 e. The maximum atomic E-state index is 12.2. The van der Waals surface area contributed by atoms with E-state index in [1.807, 2.05) is 0 Å². The van der Waals surface area contributed by atoms with Crippen molar-refractivity contribution in [2.45, 2.75) is 6.36 Å². The van der Waals surface area contributed by atoms with Crippen LogP contribution in [-0.2, 0) is 0 Å². The third-order valence-electron chi connectivity index (χ3n) is 1.78. The second kappa shape index (κ2) is 5.26. The largest absolute Gasteiger partial charge is 0.573 e. The fraction of sp³-hybridized carbons (Fsp3) is 0.250. The number of carbonyl (C=O) groups is 1. The molecule has 0 amide bonds. The van der Waals surface area contributed by atoms with Gasteiger partial charge in [-0.3, -0.25) is 4.79 Å². The van der Waals surface area contributed by atoms with E-state index < -0.39 is 39.4 Å². The summed E-state index contributed by atoms with van der Waals surface area (Å²) in [6.45, 7) is 0. The van der Waals surface area contributed by atoms with Crippen LogP contribution in [0.2, 0.25) is 0 Å². The van der Waals surface area contributed by atoms with Gasteiger partial charge in [-0.2, -0.15) is 0 Å². The Labute approximate surface area is 108 Å². The number of hydrogen-bond acceptors (Lipinski definition) is 6. The molecule has 1 rings (SSSR count). The first-order valence-electron chi connectivity index (χ1n) is 4.34. The van der Waals surface area contributed by atoms with Crippen molar-refractivity contribution < 1.29 is 32.4 Å². The highest BCUT2D eigenvalue weighted by Gasteiger charge is 2.38. The van der Waals surface area contributed by atoms with Crippen LogP contribution in [0.3, 0.4) is 0 Å². The lowest BCUT2D eigenvalue weighted by molar-refractivity contribution is -0.390. The molecule has 0 spiro atoms. The van der Waals surface area contributed by atoms with Gasteiger partial charge in [0.25, 0.3) is 11.0 Å². The van der Waals surface area contributed by atoms with Crippen LogP contribution in [0.5, 0.6) is 11.5 Å². The summed E-state index contributed by atoms with van der Waals surface area (Å²) < 4.78 is 44.6. The molecular weight excluding hydrogens is 297 g/mol. The molecule has 0 bridgehead atoms. The summed E-state index contributed by atoms with van der Waals surface area (Å²) in [6, 6.07) is 0. The molecule has 0 saturated carbocycles. The van der Waals surface area contributed by atoms with Gasteiger partial charge >= 0.3 is 12.2 Å². The van der Waals surface area contributed by atoms with Crippen LogP contribution in [0.4, 0.5) is 19.0 Å². The summed E-state index contributed by atoms with van der Waals surface area (Å²) in [5.41, 5.74) is -0.804. The lowest BCUT2D eigenvalue weighted by Gasteiger charge is -2.13. The van der Waals surface area contributed by atoms with Crippen molar-refractivity contribution in [2.24, 2.45) is 0 Å². The van der Waals surface area contributed by atoms with Crippen molar-refractivity contribution in [3.05, 3.63) is 21.9 Å². The number of methoxy groups -OCH3 is 1. The Hall–Kier alpha value is -2.10. The second-order valence-corrected chi connectivity index (χ2v) is 3.28. The topological polar surface area (TPSA) is 91.6 Å². The molecule has 1 aromatic heterocycles. The number of nitro groups is 1. The Bertz CT molecular complexity index is 534. The molecule has 0 unspecified atom stereocenters. The molecule has 0 saturated heterocycles. The van der Waals surface area contributed by atoms with E-state index >= 15 is 0 Å². The summed E-state index contributed by atoms with van der Waals surface area (Å²) in [5, 5.41) is 9.25. The predicted molar refractivity (Wildman–Crippen MR) is 54.3 cm³/mol. The number of nitrogens with zero attached hydrogens (tertiary/aromatic N) is 2. The van der Waals surface area contributed by atoms with Gasteiger partial charge in [0, 0.05) is 0 Å². The van der Waals surface area contributed by atoms with E-state index in [1.165, 1.54) is 0 Å². The molecule has 7 nitrogen and oxygen atoms in total. The molecule has 0 aromatic carbocycles. The highest BCUT2D eigenvalue weighted by Crippen LogP contribution is 2.41. The number of hydrogen-bond donors (Lipinski definition) is 0. The summed E-state index contributed by atoms with van der Waals surface area (Å²) in [7, 11) is 0.857. The Balaban J connectivity index is 3.54. The Morgan fingerprint density at radius 3 is 2.42 bits per heavy atom. The van der Waals surface area contributed by atoms with E-state index in [0.29, 0.717) is 6.20 Å². The molecule has 0 atom stereocenters. The Morgan fingerprint density at radius 2 is 2.05 bits per heavy atom. The lowest BCUT2D eigenvalue weighted by atomic mass is 10.2. The second-order valence-electron chi connectivity index (χ2n) is 2.94. The maximum absolute atomic E-state index is 12.2. The van der Waals surface area contributed by atoms with Crippen molar-refractivity contribution in [3.8, 4) is 11.5 Å². The van der Waals surface area contributed by atoms with Gasteiger partial charge in [0.1, 0.15) is 5.56 Å². The van der Waals surface area contributed by atoms with E-state index in [1.54, 1.807) is 0 Å². The van der Waals surface area contributed by atoms with E-state index in [2.05, 4.69) is 14.5 Å². The van der Waals surface area contributed by atoms with Crippen LogP contribution in [0.15, 0.2) is 6.20 Å². The van der Waals surface area contributed by atoms with Crippen LogP contribution in [0.25, 0.3) is 0 Å². The summed E-state index contributed by atoms with van der Waals surface area (Å²) >= 11 is 5.05. The fourth-order valence-electron chi connectivity index (χ4n) is 1.14. The monoisotopic (exact) mass is 300 g/mol. The van der Waals surface area contributed by atoms with Crippen LogP contribution < -0.4 is 9.47 Å². The molecule has 0 N–H and O–H groups in total. The molecule has 104 valence electrons. The smallest absolute Gasteiger partial charge is 0.486 e. The highest BCUT2D eigenvalue weighted by atomic mass is 35.5. The van der Waals surface area contributed by atoms with Crippen molar-refractivity contribution >= 4 is 22.7 Å². The predicted octanol–water partition coefficient (Wildman–Crippen LogP) is 2.28. The highest BCUT2D eigenvalue weighted by molar-refractivity contribution is 6.68. The van der Waals surface area contributed by atoms with Crippen LogP contribution in [-0.4, -0.2) is 28.6 Å². The standard InChI is InChI=1S/C8H4ClF3N2O5/c1-18-5-4(19-8(10,11)12)3(6(9)15)2-13-7(5)14(16)17/h2H,1H3. The first-order chi connectivity index (χ1) is 8.67. The number of alkyl halides is 3. The zero-order chi connectivity index (χ0) is 14.8. The van der Waals surface area contributed by atoms with Crippen molar-refractivity contribution in [1.82, 2.24) is 4.98 Å². The van der Waals surface area contributed by atoms with Crippen LogP contribution in [0, 0.1) is 10.1 Å². The van der Waals surface area contributed by atoms with Gasteiger partial charge in [0.2, 0.25) is 0 Å². The molecular formula is C8H4ClF3N2O5. The molecule has 11 heteroatoms. The number of carbonyl (C=O) groups excluding carboxylic acids is 1. The molecule has 0 aliphatic carbocycles. The number of halogens is 4. The normalized spacial score (nSPS) is 11.0. The van der Waals surface area contributed by atoms with Gasteiger partial charge < -0.3 is 19.6 Å². The minimum atomic E-state index is -5.19. The van der Waals surface area contributed by atoms with Crippen molar-refractivity contribution in [3.63, 3.8) is 0 Å². The molecule has 0 aliphatic heterocycles. The van der Waals surface area contributed by atoms with Crippen molar-refractivity contribution in [1.29, 1.82) is 0 Å². The number of ether oxygens (including phenoxy) is 2. The summed E-state index contributed by atoms with van der Waals surface area (Å²) in [5.74, 6) is -3.20. The molecule has 0 radical (unpaired) electrons. The third kappa shape index (κ3) is 3.44. The average Bonchev–Trinajstić information content (AvgIpc) is 2.25. The number of aromatic nitrogens is 1. The van der Waals surface area contributed by atoms with Gasteiger partial charge in [-0.15, -0.1) is 13.2 Å². The number of rotatable bonds is 4. The van der Waals surface area contributed by atoms with E-state index in [9.17, 15) is 28.1 Å². The summed E-state index contributed by atoms with van der Waals surface area (Å²) in [4.78, 5) is 23.6. The summed E-state index contributed by atoms with van der Waals surface area (Å²) in [6.07, 6.45) is -4.69. The zero-order valence-corrected chi connectivity index (χ0v) is 9.78. The SMILES string of the molecule is COc1c([N+](=O)[O-])ncc(C(=O)Cl)c1OC(F)(F)F. The lowest BCUT2D eigenvalue weighted by Crippen LogP contribution is -2.19.